The Kier molecular flexibility index (Phi) is 5.23. The quantitative estimate of drug-likeness (QED) is 0.700. The van der Waals surface area contributed by atoms with Crippen LogP contribution in [0.3, 0.4) is 0 Å². The molecule has 0 aromatic carbocycles. The SMILES string of the molecule is C=Cc1nc(C)sc1C(=C)F.CC. The summed E-state index contributed by atoms with van der Waals surface area (Å²) in [5, 5.41) is 0.828. The van der Waals surface area contributed by atoms with E-state index in [-0.39, 0.29) is 0 Å². The van der Waals surface area contributed by atoms with Crippen molar-refractivity contribution in [2.75, 3.05) is 0 Å². The molecule has 13 heavy (non-hydrogen) atoms. The molecule has 1 nitrogen and oxygen atoms in total. The molecule has 0 aliphatic rings. The lowest BCUT2D eigenvalue weighted by Gasteiger charge is -1.88. The molecule has 0 atom stereocenters. The van der Waals surface area contributed by atoms with Crippen LogP contribution < -0.4 is 0 Å². The summed E-state index contributed by atoms with van der Waals surface area (Å²) in [5.74, 6) is -0.439. The molecule has 0 aliphatic heterocycles. The molecular formula is C10H14FNS. The molecule has 0 saturated carbocycles. The summed E-state index contributed by atoms with van der Waals surface area (Å²) in [6, 6.07) is 0. The van der Waals surface area contributed by atoms with Crippen LogP contribution in [0.5, 0.6) is 0 Å². The predicted molar refractivity (Wildman–Crippen MR) is 58.4 cm³/mol. The zero-order valence-corrected chi connectivity index (χ0v) is 9.04. The summed E-state index contributed by atoms with van der Waals surface area (Å²) in [4.78, 5) is 4.53. The van der Waals surface area contributed by atoms with Gasteiger partial charge in [-0.3, -0.25) is 0 Å². The van der Waals surface area contributed by atoms with Crippen molar-refractivity contribution < 1.29 is 4.39 Å². The van der Waals surface area contributed by atoms with Crippen LogP contribution in [0.4, 0.5) is 4.39 Å². The minimum absolute atomic E-state index is 0.439. The maximum absolute atomic E-state index is 12.6. The molecule has 72 valence electrons. The van der Waals surface area contributed by atoms with Crippen molar-refractivity contribution in [3.05, 3.63) is 28.7 Å². The minimum Gasteiger partial charge on any atom is -0.241 e. The van der Waals surface area contributed by atoms with Crippen LogP contribution in [-0.4, -0.2) is 4.98 Å². The molecule has 0 amide bonds. The smallest absolute Gasteiger partial charge is 0.135 e. The van der Waals surface area contributed by atoms with E-state index >= 15 is 0 Å². The van der Waals surface area contributed by atoms with Crippen LogP contribution in [-0.2, 0) is 0 Å². The number of aryl methyl sites for hydroxylation is 1. The highest BCUT2D eigenvalue weighted by Gasteiger charge is 2.07. The van der Waals surface area contributed by atoms with Gasteiger partial charge in [0.25, 0.3) is 0 Å². The van der Waals surface area contributed by atoms with Crippen LogP contribution in [0, 0.1) is 6.92 Å². The predicted octanol–water partition coefficient (Wildman–Crippen LogP) is 4.06. The van der Waals surface area contributed by atoms with E-state index in [1.54, 1.807) is 0 Å². The standard InChI is InChI=1S/C8H8FNS.C2H6/c1-4-7-8(5(2)9)11-6(3)10-7;1-2/h4H,1-2H2,3H3;1-2H3. The number of halogens is 1. The fourth-order valence-corrected chi connectivity index (χ4v) is 1.56. The van der Waals surface area contributed by atoms with Crippen molar-refractivity contribution in [1.82, 2.24) is 4.98 Å². The fraction of sp³-hybridized carbons (Fsp3) is 0.300. The minimum atomic E-state index is -0.439. The Morgan fingerprint density at radius 2 is 2.08 bits per heavy atom. The number of hydrogen-bond donors (Lipinski definition) is 0. The highest BCUT2D eigenvalue weighted by atomic mass is 32.1. The second-order valence-electron chi connectivity index (χ2n) is 2.06. The molecule has 0 N–H and O–H groups in total. The molecule has 1 aromatic rings. The summed E-state index contributed by atoms with van der Waals surface area (Å²) in [6.45, 7) is 12.6. The topological polar surface area (TPSA) is 12.9 Å². The van der Waals surface area contributed by atoms with Crippen molar-refractivity contribution >= 4 is 23.2 Å². The van der Waals surface area contributed by atoms with E-state index in [9.17, 15) is 4.39 Å². The molecule has 0 bridgehead atoms. The second kappa shape index (κ2) is 5.65. The summed E-state index contributed by atoms with van der Waals surface area (Å²) in [5.41, 5.74) is 0.583. The first-order chi connectivity index (χ1) is 6.15. The van der Waals surface area contributed by atoms with Crippen LogP contribution in [0.1, 0.15) is 29.4 Å². The van der Waals surface area contributed by atoms with E-state index in [2.05, 4.69) is 18.1 Å². The van der Waals surface area contributed by atoms with Gasteiger partial charge >= 0.3 is 0 Å². The van der Waals surface area contributed by atoms with Gasteiger partial charge in [-0.2, -0.15) is 0 Å². The van der Waals surface area contributed by atoms with Gasteiger partial charge in [-0.25, -0.2) is 9.37 Å². The van der Waals surface area contributed by atoms with Gasteiger partial charge in [-0.1, -0.05) is 27.0 Å². The van der Waals surface area contributed by atoms with Gasteiger partial charge in [0, 0.05) is 0 Å². The Labute approximate surface area is 82.6 Å². The number of hydrogen-bond acceptors (Lipinski definition) is 2. The van der Waals surface area contributed by atoms with Crippen molar-refractivity contribution in [3.8, 4) is 0 Å². The molecule has 1 heterocycles. The zero-order chi connectivity index (χ0) is 10.4. The van der Waals surface area contributed by atoms with Gasteiger partial charge in [0.1, 0.15) is 5.83 Å². The first-order valence-corrected chi connectivity index (χ1v) is 4.91. The Bertz CT molecular complexity index is 302. The maximum atomic E-state index is 12.6. The second-order valence-corrected chi connectivity index (χ2v) is 3.26. The monoisotopic (exact) mass is 199 g/mol. The van der Waals surface area contributed by atoms with Crippen LogP contribution >= 0.6 is 11.3 Å². The van der Waals surface area contributed by atoms with Gasteiger partial charge in [0.15, 0.2) is 0 Å². The van der Waals surface area contributed by atoms with E-state index in [1.807, 2.05) is 20.8 Å². The van der Waals surface area contributed by atoms with Gasteiger partial charge in [-0.15, -0.1) is 11.3 Å². The molecule has 1 rings (SSSR count). The van der Waals surface area contributed by atoms with Crippen molar-refractivity contribution in [2.24, 2.45) is 0 Å². The molecule has 0 spiro atoms. The number of thiazole rings is 1. The van der Waals surface area contributed by atoms with E-state index in [1.165, 1.54) is 17.4 Å². The summed E-state index contributed by atoms with van der Waals surface area (Å²) in [7, 11) is 0. The van der Waals surface area contributed by atoms with Crippen LogP contribution in [0.15, 0.2) is 13.2 Å². The molecule has 0 saturated heterocycles. The number of nitrogens with zero attached hydrogens (tertiary/aromatic N) is 1. The lowest BCUT2D eigenvalue weighted by molar-refractivity contribution is 0.766. The third-order valence-corrected chi connectivity index (χ3v) is 2.22. The summed E-state index contributed by atoms with van der Waals surface area (Å²) in [6.07, 6.45) is 1.53. The van der Waals surface area contributed by atoms with Crippen molar-refractivity contribution in [1.29, 1.82) is 0 Å². The third kappa shape index (κ3) is 3.11. The molecule has 0 aliphatic carbocycles. The zero-order valence-electron chi connectivity index (χ0n) is 8.22. The first kappa shape index (κ1) is 12.0. The Hall–Kier alpha value is -0.960. The highest BCUT2D eigenvalue weighted by Crippen LogP contribution is 2.26. The average molecular weight is 199 g/mol. The lowest BCUT2D eigenvalue weighted by Crippen LogP contribution is -1.76. The van der Waals surface area contributed by atoms with Gasteiger partial charge < -0.3 is 0 Å². The lowest BCUT2D eigenvalue weighted by atomic mass is 10.3. The molecule has 0 unspecified atom stereocenters. The molecule has 0 radical (unpaired) electrons. The van der Waals surface area contributed by atoms with Gasteiger partial charge in [-0.05, 0) is 13.0 Å². The van der Waals surface area contributed by atoms with E-state index < -0.39 is 5.83 Å². The normalized spacial score (nSPS) is 8.62. The maximum Gasteiger partial charge on any atom is 0.135 e. The number of rotatable bonds is 2. The molecular weight excluding hydrogens is 185 g/mol. The van der Waals surface area contributed by atoms with E-state index in [0.717, 1.165) is 5.01 Å². The fourth-order valence-electron chi connectivity index (χ4n) is 0.776. The first-order valence-electron chi connectivity index (χ1n) is 4.09. The summed E-state index contributed by atoms with van der Waals surface area (Å²) < 4.78 is 12.6. The average Bonchev–Trinajstić information content (AvgIpc) is 2.50. The Morgan fingerprint density at radius 1 is 1.54 bits per heavy atom. The van der Waals surface area contributed by atoms with E-state index in [4.69, 9.17) is 0 Å². The van der Waals surface area contributed by atoms with Crippen LogP contribution in [0.25, 0.3) is 11.9 Å². The van der Waals surface area contributed by atoms with Gasteiger partial charge in [0.2, 0.25) is 0 Å². The van der Waals surface area contributed by atoms with Crippen molar-refractivity contribution in [3.63, 3.8) is 0 Å². The van der Waals surface area contributed by atoms with E-state index in [0.29, 0.717) is 10.6 Å². The molecule has 0 fully saturated rings. The Balaban J connectivity index is 0.000000671. The van der Waals surface area contributed by atoms with Gasteiger partial charge in [0.05, 0.1) is 15.6 Å². The Morgan fingerprint density at radius 3 is 2.38 bits per heavy atom. The summed E-state index contributed by atoms with van der Waals surface area (Å²) >= 11 is 1.29. The van der Waals surface area contributed by atoms with Crippen LogP contribution in [0.2, 0.25) is 0 Å². The molecule has 1 aromatic heterocycles. The third-order valence-electron chi connectivity index (χ3n) is 1.20. The molecule has 3 heteroatoms. The highest BCUT2D eigenvalue weighted by molar-refractivity contribution is 7.12. The number of aromatic nitrogens is 1. The van der Waals surface area contributed by atoms with Crippen molar-refractivity contribution in [2.45, 2.75) is 20.8 Å². The largest absolute Gasteiger partial charge is 0.241 e.